The molecule has 180 valence electrons. The number of carbonyl (C=O) groups excluding carboxylic acids is 3. The molecule has 3 atom stereocenters. The number of nitrogens with zero attached hydrogens (tertiary/aromatic N) is 2. The van der Waals surface area contributed by atoms with E-state index in [4.69, 9.17) is 5.11 Å². The number of rotatable bonds is 5. The fraction of sp³-hybridized carbons (Fsp3) is 0.474. The van der Waals surface area contributed by atoms with E-state index in [9.17, 15) is 40.8 Å². The minimum atomic E-state index is -5.32. The maximum absolute atomic E-state index is 13.2. The van der Waals surface area contributed by atoms with Gasteiger partial charge in [-0.1, -0.05) is 12.1 Å². The standard InChI is InChI=1S/C19H20F3N3O7S/c1-18(2)12(14(27)24(3)8-9-4-6-10(7-5-9)16(28)29)25-13(26)11(15(25)33(18,31)32)23-17(30)19(20,21)22/h4-7,11-12,15H,8H2,1-3H3,(H,23,30)(H,28,29)/t11-,12+,15-/m1/s1. The molecule has 10 nitrogen and oxygen atoms in total. The molecule has 33 heavy (non-hydrogen) atoms. The van der Waals surface area contributed by atoms with Gasteiger partial charge in [-0.3, -0.25) is 14.4 Å². The van der Waals surface area contributed by atoms with Gasteiger partial charge in [0.1, 0.15) is 12.1 Å². The molecule has 0 aliphatic carbocycles. The van der Waals surface area contributed by atoms with Crippen LogP contribution in [0.2, 0.25) is 0 Å². The maximum Gasteiger partial charge on any atom is 0.471 e. The van der Waals surface area contributed by atoms with Gasteiger partial charge in [-0.25, -0.2) is 13.2 Å². The maximum atomic E-state index is 13.2. The predicted octanol–water partition coefficient (Wildman–Crippen LogP) is 0.134. The van der Waals surface area contributed by atoms with Gasteiger partial charge in [0.05, 0.1) is 10.3 Å². The number of halogens is 3. The monoisotopic (exact) mass is 491 g/mol. The molecule has 2 heterocycles. The smallest absolute Gasteiger partial charge is 0.471 e. The number of likely N-dealkylation sites (N-methyl/N-ethyl adjacent to an activating group) is 1. The van der Waals surface area contributed by atoms with Crippen molar-refractivity contribution in [2.45, 2.75) is 48.8 Å². The van der Waals surface area contributed by atoms with Crippen molar-refractivity contribution in [3.63, 3.8) is 0 Å². The van der Waals surface area contributed by atoms with Gasteiger partial charge in [-0.2, -0.15) is 13.2 Å². The van der Waals surface area contributed by atoms with Crippen LogP contribution in [0.3, 0.4) is 0 Å². The zero-order valence-electron chi connectivity index (χ0n) is 17.6. The number of carbonyl (C=O) groups is 4. The molecule has 2 aliphatic rings. The minimum absolute atomic E-state index is 0.0247. The van der Waals surface area contributed by atoms with E-state index >= 15 is 0 Å². The summed E-state index contributed by atoms with van der Waals surface area (Å²) in [5.41, 5.74) is 0.549. The van der Waals surface area contributed by atoms with Crippen LogP contribution in [0.1, 0.15) is 29.8 Å². The average Bonchev–Trinajstić information content (AvgIpc) is 2.85. The van der Waals surface area contributed by atoms with Crippen molar-refractivity contribution < 1.29 is 45.9 Å². The van der Waals surface area contributed by atoms with Gasteiger partial charge in [0, 0.05) is 13.6 Å². The highest BCUT2D eigenvalue weighted by Crippen LogP contribution is 2.46. The number of nitrogens with one attached hydrogen (secondary N) is 1. The minimum Gasteiger partial charge on any atom is -0.478 e. The van der Waals surface area contributed by atoms with E-state index in [1.807, 2.05) is 0 Å². The number of carboxylic acids is 1. The highest BCUT2D eigenvalue weighted by Gasteiger charge is 2.72. The molecular weight excluding hydrogens is 471 g/mol. The summed E-state index contributed by atoms with van der Waals surface area (Å²) in [5.74, 6) is -5.48. The Labute approximate surface area is 186 Å². The number of carboxylic acid groups (broad SMARTS) is 1. The third kappa shape index (κ3) is 3.81. The Morgan fingerprint density at radius 3 is 2.21 bits per heavy atom. The summed E-state index contributed by atoms with van der Waals surface area (Å²) in [4.78, 5) is 49.7. The lowest BCUT2D eigenvalue weighted by molar-refractivity contribution is -0.178. The van der Waals surface area contributed by atoms with Crippen LogP contribution in [0.25, 0.3) is 0 Å². The van der Waals surface area contributed by atoms with Crippen molar-refractivity contribution >= 4 is 33.5 Å². The lowest BCUT2D eigenvalue weighted by Crippen LogP contribution is -2.73. The fourth-order valence-electron chi connectivity index (χ4n) is 3.98. The van der Waals surface area contributed by atoms with Crippen molar-refractivity contribution in [2.24, 2.45) is 0 Å². The van der Waals surface area contributed by atoms with Gasteiger partial charge < -0.3 is 20.2 Å². The molecular formula is C19H20F3N3O7S. The van der Waals surface area contributed by atoms with Gasteiger partial charge in [-0.05, 0) is 31.5 Å². The molecule has 0 aromatic heterocycles. The third-order valence-corrected chi connectivity index (χ3v) is 8.67. The largest absolute Gasteiger partial charge is 0.478 e. The Balaban J connectivity index is 1.84. The molecule has 3 rings (SSSR count). The Hall–Kier alpha value is -3.16. The molecule has 2 N–H and O–H groups in total. The molecule has 0 saturated carbocycles. The lowest BCUT2D eigenvalue weighted by atomic mass is 9.94. The van der Waals surface area contributed by atoms with E-state index in [1.165, 1.54) is 50.5 Å². The molecule has 1 aromatic rings. The van der Waals surface area contributed by atoms with Gasteiger partial charge in [0.25, 0.3) is 0 Å². The Bertz CT molecular complexity index is 1130. The van der Waals surface area contributed by atoms with Crippen molar-refractivity contribution in [1.82, 2.24) is 15.1 Å². The zero-order valence-corrected chi connectivity index (χ0v) is 18.4. The highest BCUT2D eigenvalue weighted by molar-refractivity contribution is 7.94. The van der Waals surface area contributed by atoms with E-state index in [1.54, 1.807) is 0 Å². The molecule has 1 aromatic carbocycles. The normalized spacial score (nSPS) is 25.1. The van der Waals surface area contributed by atoms with Crippen molar-refractivity contribution in [3.8, 4) is 0 Å². The molecule has 2 fully saturated rings. The first kappa shape index (κ1) is 24.5. The summed E-state index contributed by atoms with van der Waals surface area (Å²) in [7, 11) is -3.00. The third-order valence-electron chi connectivity index (χ3n) is 5.84. The van der Waals surface area contributed by atoms with Crippen molar-refractivity contribution in [3.05, 3.63) is 35.4 Å². The second kappa shape index (κ2) is 7.71. The number of sulfone groups is 1. The number of benzene rings is 1. The topological polar surface area (TPSA) is 141 Å². The van der Waals surface area contributed by atoms with E-state index in [0.717, 1.165) is 4.90 Å². The Morgan fingerprint density at radius 2 is 1.73 bits per heavy atom. The van der Waals surface area contributed by atoms with Crippen molar-refractivity contribution in [2.75, 3.05) is 7.05 Å². The van der Waals surface area contributed by atoms with Crippen molar-refractivity contribution in [1.29, 1.82) is 0 Å². The average molecular weight is 491 g/mol. The Kier molecular flexibility index (Phi) is 5.72. The van der Waals surface area contributed by atoms with Gasteiger partial charge in [-0.15, -0.1) is 0 Å². The van der Waals surface area contributed by atoms with E-state index in [2.05, 4.69) is 0 Å². The summed E-state index contributed by atoms with van der Waals surface area (Å²) in [6, 6.07) is 2.09. The van der Waals surface area contributed by atoms with Crippen LogP contribution in [0.15, 0.2) is 24.3 Å². The molecule has 3 amide bonds. The van der Waals surface area contributed by atoms with Crippen LogP contribution < -0.4 is 5.32 Å². The second-order valence-corrected chi connectivity index (χ2v) is 11.0. The lowest BCUT2D eigenvalue weighted by Gasteiger charge is -2.44. The SMILES string of the molecule is CN(Cc1ccc(C(=O)O)cc1)C(=O)[C@@H]1N2C(=O)[C@@H](NC(=O)C(F)(F)F)[C@H]2S(=O)(=O)C1(C)C. The van der Waals surface area contributed by atoms with E-state index < -0.39 is 61.9 Å². The van der Waals surface area contributed by atoms with Crippen LogP contribution in [-0.4, -0.2) is 82.4 Å². The number of β-lactam (4-membered cyclic amide) rings is 1. The first-order valence-electron chi connectivity index (χ1n) is 9.52. The van der Waals surface area contributed by atoms with Gasteiger partial charge in [0.15, 0.2) is 15.2 Å². The zero-order chi connectivity index (χ0) is 25.1. The first-order chi connectivity index (χ1) is 15.0. The van der Waals surface area contributed by atoms with E-state index in [-0.39, 0.29) is 12.1 Å². The summed E-state index contributed by atoms with van der Waals surface area (Å²) in [6.45, 7) is 2.33. The number of alkyl halides is 3. The number of hydrogen-bond acceptors (Lipinski definition) is 6. The quantitative estimate of drug-likeness (QED) is 0.558. The molecule has 0 unspecified atom stereocenters. The van der Waals surface area contributed by atoms with E-state index in [0.29, 0.717) is 10.5 Å². The van der Waals surface area contributed by atoms with Gasteiger partial charge >= 0.3 is 18.1 Å². The van der Waals surface area contributed by atoms with Crippen LogP contribution >= 0.6 is 0 Å². The summed E-state index contributed by atoms with van der Waals surface area (Å²) in [5, 5.41) is 8.56. The number of amides is 3. The molecule has 0 spiro atoms. The van der Waals surface area contributed by atoms with Crippen LogP contribution in [-0.2, 0) is 30.8 Å². The Morgan fingerprint density at radius 1 is 1.18 bits per heavy atom. The van der Waals surface area contributed by atoms with Gasteiger partial charge in [0.2, 0.25) is 11.8 Å². The molecule has 0 radical (unpaired) electrons. The van der Waals surface area contributed by atoms with Crippen LogP contribution in [0.5, 0.6) is 0 Å². The molecule has 2 saturated heterocycles. The number of fused-ring (bicyclic) bond motifs is 1. The molecule has 0 bridgehead atoms. The highest BCUT2D eigenvalue weighted by atomic mass is 32.2. The summed E-state index contributed by atoms with van der Waals surface area (Å²) in [6.07, 6.45) is -5.32. The first-order valence-corrected chi connectivity index (χ1v) is 11.1. The van der Waals surface area contributed by atoms with Crippen LogP contribution in [0, 0.1) is 0 Å². The summed E-state index contributed by atoms with van der Waals surface area (Å²) < 4.78 is 61.9. The second-order valence-electron chi connectivity index (χ2n) is 8.33. The summed E-state index contributed by atoms with van der Waals surface area (Å²) >= 11 is 0. The number of hydrogen-bond donors (Lipinski definition) is 2. The predicted molar refractivity (Wildman–Crippen MR) is 105 cm³/mol. The van der Waals surface area contributed by atoms with Crippen LogP contribution in [0.4, 0.5) is 13.2 Å². The molecule has 14 heteroatoms. The molecule has 2 aliphatic heterocycles. The fourth-order valence-corrected chi connectivity index (χ4v) is 6.19. The number of aromatic carboxylic acids is 1.